The van der Waals surface area contributed by atoms with Gasteiger partial charge in [-0.05, 0) is 23.6 Å². The number of carboxylic acids is 2. The number of hydrogen-bond acceptors (Lipinski definition) is 5. The molecule has 0 heterocycles. The van der Waals surface area contributed by atoms with Gasteiger partial charge >= 0.3 is 18.0 Å². The van der Waals surface area contributed by atoms with Crippen LogP contribution in [0.15, 0.2) is 24.3 Å². The van der Waals surface area contributed by atoms with E-state index >= 15 is 0 Å². The molecule has 0 saturated heterocycles. The van der Waals surface area contributed by atoms with Crippen molar-refractivity contribution in [3.63, 3.8) is 0 Å². The fraction of sp³-hybridized carbons (Fsp3) is 0.471. The first-order chi connectivity index (χ1) is 12.1. The third-order valence-electron chi connectivity index (χ3n) is 3.52. The van der Waals surface area contributed by atoms with E-state index in [1.165, 1.54) is 24.3 Å². The van der Waals surface area contributed by atoms with Crippen LogP contribution >= 0.6 is 0 Å². The third kappa shape index (κ3) is 6.98. The van der Waals surface area contributed by atoms with E-state index < -0.39 is 36.7 Å². The summed E-state index contributed by atoms with van der Waals surface area (Å²) in [6.07, 6.45) is -1.78. The van der Waals surface area contributed by atoms with Crippen molar-refractivity contribution in [2.45, 2.75) is 32.4 Å². The molecular weight excluding hydrogens is 344 g/mol. The van der Waals surface area contributed by atoms with E-state index in [0.29, 0.717) is 5.56 Å². The quantitative estimate of drug-likeness (QED) is 0.426. The lowest BCUT2D eigenvalue weighted by atomic mass is 10.1. The van der Waals surface area contributed by atoms with Crippen LogP contribution < -0.4 is 5.32 Å². The number of amides is 2. The number of nitrogens with one attached hydrogen (secondary N) is 1. The van der Waals surface area contributed by atoms with Crippen LogP contribution in [0, 0.1) is 5.92 Å². The molecule has 0 aliphatic heterocycles. The number of urea groups is 1. The maximum atomic E-state index is 12.4. The first kappa shape index (κ1) is 21.2. The summed E-state index contributed by atoms with van der Waals surface area (Å²) in [6.45, 7) is 3.31. The van der Waals surface area contributed by atoms with Crippen LogP contribution in [-0.4, -0.2) is 68.5 Å². The van der Waals surface area contributed by atoms with Gasteiger partial charge in [-0.2, -0.15) is 0 Å². The molecule has 144 valence electrons. The number of nitrogens with zero attached hydrogens (tertiary/aromatic N) is 1. The monoisotopic (exact) mass is 368 g/mol. The summed E-state index contributed by atoms with van der Waals surface area (Å²) in [5.41, 5.74) is 0.594. The van der Waals surface area contributed by atoms with Gasteiger partial charge in [-0.15, -0.1) is 0 Å². The number of benzene rings is 1. The molecular formula is C17H24N2O7. The SMILES string of the molecule is CC(C)CN(CC(O)C(=O)O)C(=O)N[C@@H](Cc1ccc(O)cc1)C(=O)O. The zero-order valence-corrected chi connectivity index (χ0v) is 14.6. The second-order valence-corrected chi connectivity index (χ2v) is 6.36. The van der Waals surface area contributed by atoms with Crippen LogP contribution in [0.25, 0.3) is 0 Å². The van der Waals surface area contributed by atoms with Crippen molar-refractivity contribution in [2.75, 3.05) is 13.1 Å². The Balaban J connectivity index is 2.85. The molecule has 26 heavy (non-hydrogen) atoms. The van der Waals surface area contributed by atoms with Crippen molar-refractivity contribution in [1.29, 1.82) is 0 Å². The molecule has 5 N–H and O–H groups in total. The van der Waals surface area contributed by atoms with Gasteiger partial charge in [0.15, 0.2) is 6.10 Å². The average molecular weight is 368 g/mol. The maximum absolute atomic E-state index is 12.4. The van der Waals surface area contributed by atoms with E-state index in [1.807, 2.05) is 0 Å². The number of phenolic OH excluding ortho intramolecular Hbond substituents is 1. The molecule has 0 bridgehead atoms. The Morgan fingerprint density at radius 2 is 1.62 bits per heavy atom. The van der Waals surface area contributed by atoms with Crippen LogP contribution in [0.5, 0.6) is 5.75 Å². The minimum absolute atomic E-state index is 0.0119. The Bertz CT molecular complexity index is 631. The summed E-state index contributed by atoms with van der Waals surface area (Å²) in [5.74, 6) is -2.70. The molecule has 9 heteroatoms. The first-order valence-corrected chi connectivity index (χ1v) is 8.07. The number of rotatable bonds is 9. The van der Waals surface area contributed by atoms with E-state index in [4.69, 9.17) is 5.11 Å². The minimum atomic E-state index is -1.76. The van der Waals surface area contributed by atoms with E-state index in [2.05, 4.69) is 5.32 Å². The highest BCUT2D eigenvalue weighted by Gasteiger charge is 2.27. The Hall–Kier alpha value is -2.81. The van der Waals surface area contributed by atoms with Crippen LogP contribution in [-0.2, 0) is 16.0 Å². The van der Waals surface area contributed by atoms with E-state index in [9.17, 15) is 29.7 Å². The first-order valence-electron chi connectivity index (χ1n) is 8.07. The van der Waals surface area contributed by atoms with Gasteiger partial charge in [0.05, 0.1) is 6.54 Å². The van der Waals surface area contributed by atoms with Gasteiger partial charge in [0.2, 0.25) is 0 Å². The lowest BCUT2D eigenvalue weighted by Crippen LogP contribution is -2.52. The van der Waals surface area contributed by atoms with Gasteiger partial charge in [-0.1, -0.05) is 26.0 Å². The number of aromatic hydroxyl groups is 1. The van der Waals surface area contributed by atoms with E-state index in [1.54, 1.807) is 13.8 Å². The molecule has 0 saturated carbocycles. The number of carbonyl (C=O) groups excluding carboxylic acids is 1. The van der Waals surface area contributed by atoms with Gasteiger partial charge in [0, 0.05) is 13.0 Å². The van der Waals surface area contributed by atoms with Gasteiger partial charge in [0.25, 0.3) is 0 Å². The summed E-state index contributed by atoms with van der Waals surface area (Å²) in [5, 5.41) is 39.3. The smallest absolute Gasteiger partial charge is 0.334 e. The van der Waals surface area contributed by atoms with Crippen LogP contribution in [0.2, 0.25) is 0 Å². The molecule has 0 radical (unpaired) electrons. The molecule has 9 nitrogen and oxygen atoms in total. The molecule has 2 amide bonds. The fourth-order valence-corrected chi connectivity index (χ4v) is 2.28. The topological polar surface area (TPSA) is 147 Å². The zero-order chi connectivity index (χ0) is 19.9. The minimum Gasteiger partial charge on any atom is -0.508 e. The Morgan fingerprint density at radius 1 is 1.04 bits per heavy atom. The highest BCUT2D eigenvalue weighted by Crippen LogP contribution is 2.12. The normalized spacial score (nSPS) is 13.1. The third-order valence-corrected chi connectivity index (χ3v) is 3.52. The predicted molar refractivity (Wildman–Crippen MR) is 91.8 cm³/mol. The molecule has 2 atom stereocenters. The highest BCUT2D eigenvalue weighted by molar-refractivity contribution is 5.83. The van der Waals surface area contributed by atoms with Crippen LogP contribution in [0.3, 0.4) is 0 Å². The fourth-order valence-electron chi connectivity index (χ4n) is 2.28. The molecule has 1 aromatic carbocycles. The molecule has 1 unspecified atom stereocenters. The van der Waals surface area contributed by atoms with E-state index in [-0.39, 0.29) is 24.6 Å². The second-order valence-electron chi connectivity index (χ2n) is 6.36. The summed E-state index contributed by atoms with van der Waals surface area (Å²) in [4.78, 5) is 35.8. The maximum Gasteiger partial charge on any atom is 0.334 e. The summed E-state index contributed by atoms with van der Waals surface area (Å²) in [7, 11) is 0. The molecule has 0 aromatic heterocycles. The summed E-state index contributed by atoms with van der Waals surface area (Å²) >= 11 is 0. The molecule has 0 aliphatic carbocycles. The van der Waals surface area contributed by atoms with Crippen molar-refractivity contribution in [1.82, 2.24) is 10.2 Å². The average Bonchev–Trinajstić information content (AvgIpc) is 2.54. The number of phenols is 1. The van der Waals surface area contributed by atoms with Gasteiger partial charge in [0.1, 0.15) is 11.8 Å². The van der Waals surface area contributed by atoms with Crippen molar-refractivity contribution >= 4 is 18.0 Å². The number of hydrogen-bond donors (Lipinski definition) is 5. The predicted octanol–water partition coefficient (Wildman–Crippen LogP) is 0.501. The lowest BCUT2D eigenvalue weighted by molar-refractivity contribution is -0.147. The molecule has 0 aliphatic rings. The Morgan fingerprint density at radius 3 is 2.08 bits per heavy atom. The van der Waals surface area contributed by atoms with Gasteiger partial charge in [-0.3, -0.25) is 0 Å². The second kappa shape index (κ2) is 9.62. The molecule has 1 rings (SSSR count). The van der Waals surface area contributed by atoms with Crippen LogP contribution in [0.4, 0.5) is 4.79 Å². The van der Waals surface area contributed by atoms with Crippen LogP contribution in [0.1, 0.15) is 19.4 Å². The number of aliphatic hydroxyl groups excluding tert-OH is 1. The van der Waals surface area contributed by atoms with Crippen molar-refractivity contribution in [2.24, 2.45) is 5.92 Å². The summed E-state index contributed by atoms with van der Waals surface area (Å²) in [6, 6.07) is 3.87. The van der Waals surface area contributed by atoms with E-state index in [0.717, 1.165) is 4.90 Å². The molecule has 0 spiro atoms. The highest BCUT2D eigenvalue weighted by atomic mass is 16.4. The van der Waals surface area contributed by atoms with Gasteiger partial charge in [-0.25, -0.2) is 14.4 Å². The number of carboxylic acid groups (broad SMARTS) is 2. The Labute approximate surface area is 150 Å². The standard InChI is InChI=1S/C17H24N2O7/c1-10(2)8-19(9-14(21)16(24)25)17(26)18-13(15(22)23)7-11-3-5-12(20)6-4-11/h3-6,10,13-14,20-21H,7-9H2,1-2H3,(H,18,26)(H,22,23)(H,24,25)/t13-,14?/m0/s1. The largest absolute Gasteiger partial charge is 0.508 e. The summed E-state index contributed by atoms with van der Waals surface area (Å²) < 4.78 is 0. The molecule has 1 aromatic rings. The van der Waals surface area contributed by atoms with Crippen molar-refractivity contribution in [3.8, 4) is 5.75 Å². The van der Waals surface area contributed by atoms with Crippen molar-refractivity contribution < 1.29 is 34.8 Å². The van der Waals surface area contributed by atoms with Gasteiger partial charge < -0.3 is 30.6 Å². The zero-order valence-electron chi connectivity index (χ0n) is 14.6. The Kier molecular flexibility index (Phi) is 7.85. The number of carbonyl (C=O) groups is 3. The number of aliphatic hydroxyl groups is 1. The number of aliphatic carboxylic acids is 2. The lowest BCUT2D eigenvalue weighted by Gasteiger charge is -2.27. The molecule has 0 fully saturated rings. The van der Waals surface area contributed by atoms with Crippen molar-refractivity contribution in [3.05, 3.63) is 29.8 Å².